The number of hydrogen-bond donors (Lipinski definition) is 0. The molecule has 106 valence electrons. The van der Waals surface area contributed by atoms with Gasteiger partial charge in [-0.3, -0.25) is 0 Å². The van der Waals surface area contributed by atoms with Crippen LogP contribution in [0.2, 0.25) is 5.02 Å². The summed E-state index contributed by atoms with van der Waals surface area (Å²) in [5.41, 5.74) is 2.32. The van der Waals surface area contributed by atoms with Crippen LogP contribution in [-0.4, -0.2) is 18.0 Å². The van der Waals surface area contributed by atoms with Crippen LogP contribution in [0.25, 0.3) is 0 Å². The second-order valence-electron chi connectivity index (χ2n) is 5.84. The third-order valence-corrected chi connectivity index (χ3v) is 4.70. The molecule has 2 saturated carbocycles. The van der Waals surface area contributed by atoms with Crippen LogP contribution in [0.15, 0.2) is 29.3 Å². The van der Waals surface area contributed by atoms with Gasteiger partial charge in [0.05, 0.1) is 0 Å². The zero-order chi connectivity index (χ0) is 13.9. The van der Waals surface area contributed by atoms with Crippen LogP contribution in [0.3, 0.4) is 0 Å². The van der Waals surface area contributed by atoms with Gasteiger partial charge in [-0.25, -0.2) is 6.29 Å². The van der Waals surface area contributed by atoms with E-state index in [1.165, 1.54) is 6.42 Å². The molecule has 2 atom stereocenters. The number of rotatable bonds is 4. The third-order valence-electron chi connectivity index (χ3n) is 4.35. The van der Waals surface area contributed by atoms with E-state index in [4.69, 9.17) is 16.6 Å². The Labute approximate surface area is 153 Å². The minimum atomic E-state index is -0.243. The second kappa shape index (κ2) is 7.92. The van der Waals surface area contributed by atoms with E-state index in [0.717, 1.165) is 48.4 Å². The second-order valence-corrected chi connectivity index (χ2v) is 6.25. The summed E-state index contributed by atoms with van der Waals surface area (Å²) in [5.74, 6) is 0.723. The molecule has 1 aromatic rings. The molecule has 2 fully saturated rings. The van der Waals surface area contributed by atoms with Crippen molar-refractivity contribution in [2.75, 3.05) is 0 Å². The predicted octanol–water partition coefficient (Wildman–Crippen LogP) is 1.33. The molecule has 0 amide bonds. The molecule has 0 spiro atoms. The zero-order valence-electron chi connectivity index (χ0n) is 12.5. The van der Waals surface area contributed by atoms with E-state index in [1.807, 2.05) is 18.2 Å². The van der Waals surface area contributed by atoms with Gasteiger partial charge in [-0.1, -0.05) is 49.1 Å². The van der Waals surface area contributed by atoms with Crippen molar-refractivity contribution in [1.82, 2.24) is 0 Å². The summed E-state index contributed by atoms with van der Waals surface area (Å²) in [4.78, 5) is 15.9. The van der Waals surface area contributed by atoms with Gasteiger partial charge in [0.1, 0.15) is 0 Å². The molecule has 0 N–H and O–H groups in total. The van der Waals surface area contributed by atoms with Gasteiger partial charge in [-0.2, -0.15) is 0 Å². The maximum absolute atomic E-state index is 11.1. The van der Waals surface area contributed by atoms with Gasteiger partial charge >= 0.3 is 29.6 Å². The van der Waals surface area contributed by atoms with E-state index >= 15 is 0 Å². The number of hydrogen-bond acceptors (Lipinski definition) is 2. The first-order valence-corrected chi connectivity index (χ1v) is 7.86. The van der Waals surface area contributed by atoms with Crippen LogP contribution in [0.1, 0.15) is 50.0 Å². The molecule has 0 radical (unpaired) electrons. The Kier molecular flexibility index (Phi) is 6.49. The Balaban J connectivity index is 0.00000161. The Morgan fingerprint density at radius 3 is 2.62 bits per heavy atom. The maximum Gasteiger partial charge on any atom is 1.00 e. The van der Waals surface area contributed by atoms with Gasteiger partial charge in [-0.05, 0) is 42.9 Å². The fraction of sp³-hybridized carbons (Fsp3) is 0.529. The molecule has 0 aromatic heterocycles. The van der Waals surface area contributed by atoms with Crippen LogP contribution < -0.4 is 29.6 Å². The quantitative estimate of drug-likeness (QED) is 0.609. The average Bonchev–Trinajstić information content (AvgIpc) is 3.30. The van der Waals surface area contributed by atoms with Crippen molar-refractivity contribution in [1.29, 1.82) is 0 Å². The Morgan fingerprint density at radius 2 is 1.95 bits per heavy atom. The summed E-state index contributed by atoms with van der Waals surface area (Å²) in [6, 6.07) is 7.76. The van der Waals surface area contributed by atoms with Gasteiger partial charge in [0.2, 0.25) is 0 Å². The molecule has 1 aromatic carbocycles. The molecule has 2 nitrogen and oxygen atoms in total. The van der Waals surface area contributed by atoms with Gasteiger partial charge in [0.15, 0.2) is 0 Å². The van der Waals surface area contributed by atoms with Gasteiger partial charge in [0, 0.05) is 16.7 Å². The predicted molar refractivity (Wildman–Crippen MR) is 82.3 cm³/mol. The molecule has 0 bridgehead atoms. The first-order valence-electron chi connectivity index (χ1n) is 7.48. The van der Waals surface area contributed by atoms with Crippen molar-refractivity contribution in [3.05, 3.63) is 34.9 Å². The summed E-state index contributed by atoms with van der Waals surface area (Å²) in [7, 11) is 0. The summed E-state index contributed by atoms with van der Waals surface area (Å²) >= 11 is 6.34. The molecular formula is C17H19ClNNaO. The fourth-order valence-corrected chi connectivity index (χ4v) is 3.33. The van der Waals surface area contributed by atoms with Crippen molar-refractivity contribution < 1.29 is 34.4 Å². The van der Waals surface area contributed by atoms with Crippen molar-refractivity contribution in [2.24, 2.45) is 10.9 Å². The van der Waals surface area contributed by atoms with Gasteiger partial charge in [-0.15, -0.1) is 0 Å². The molecule has 2 unspecified atom stereocenters. The van der Waals surface area contributed by atoms with Crippen LogP contribution in [0.5, 0.6) is 0 Å². The summed E-state index contributed by atoms with van der Waals surface area (Å²) in [6.45, 7) is 0. The molecule has 2 aliphatic carbocycles. The summed E-state index contributed by atoms with van der Waals surface area (Å²) < 4.78 is 0. The normalized spacial score (nSPS) is 25.2. The number of aliphatic imine (C=N–C) groups is 1. The SMILES string of the molecule is O=[C-]C(N=C1CCCCC1c1ccccc1Cl)C1CC1.[Na+]. The molecule has 21 heavy (non-hydrogen) atoms. The van der Waals surface area contributed by atoms with Gasteiger partial charge in [0.25, 0.3) is 0 Å². The largest absolute Gasteiger partial charge is 1.00 e. The molecule has 3 rings (SSSR count). The minimum Gasteiger partial charge on any atom is -0.540 e. The fourth-order valence-electron chi connectivity index (χ4n) is 3.06. The molecule has 4 heteroatoms. The van der Waals surface area contributed by atoms with Crippen molar-refractivity contribution in [3.63, 3.8) is 0 Å². The number of nitrogens with zero attached hydrogens (tertiary/aromatic N) is 1. The Bertz CT molecular complexity index is 527. The standard InChI is InChI=1S/C17H19ClNO.Na/c18-15-7-3-1-5-13(15)14-6-2-4-8-16(14)19-17(11-20)12-9-10-12;/h1,3,5,7,12,14,17H,2,4,6,8-10H2;/q-1;+1. The monoisotopic (exact) mass is 311 g/mol. The maximum atomic E-state index is 11.1. The van der Waals surface area contributed by atoms with Crippen molar-refractivity contribution >= 4 is 23.6 Å². The molecule has 0 aliphatic heterocycles. The smallest absolute Gasteiger partial charge is 0.540 e. The number of halogens is 1. The van der Waals surface area contributed by atoms with Crippen LogP contribution in [0.4, 0.5) is 0 Å². The molecule has 0 saturated heterocycles. The van der Waals surface area contributed by atoms with Crippen LogP contribution in [-0.2, 0) is 4.79 Å². The summed E-state index contributed by atoms with van der Waals surface area (Å²) in [6.07, 6.45) is 8.80. The van der Waals surface area contributed by atoms with E-state index in [0.29, 0.717) is 5.92 Å². The van der Waals surface area contributed by atoms with E-state index in [-0.39, 0.29) is 41.5 Å². The van der Waals surface area contributed by atoms with E-state index in [2.05, 4.69) is 12.4 Å². The topological polar surface area (TPSA) is 29.4 Å². The van der Waals surface area contributed by atoms with Crippen LogP contribution >= 0.6 is 11.6 Å². The molecule has 2 aliphatic rings. The van der Waals surface area contributed by atoms with E-state index in [1.54, 1.807) is 0 Å². The number of benzene rings is 1. The van der Waals surface area contributed by atoms with Crippen LogP contribution in [0, 0.1) is 5.92 Å². The van der Waals surface area contributed by atoms with Gasteiger partial charge < -0.3 is 9.79 Å². The van der Waals surface area contributed by atoms with Crippen molar-refractivity contribution in [3.8, 4) is 0 Å². The molecular weight excluding hydrogens is 293 g/mol. The van der Waals surface area contributed by atoms with E-state index < -0.39 is 0 Å². The van der Waals surface area contributed by atoms with E-state index in [9.17, 15) is 4.79 Å². The first kappa shape index (κ1) is 17.2. The minimum absolute atomic E-state index is 0. The molecule has 0 heterocycles. The zero-order valence-corrected chi connectivity index (χ0v) is 15.3. The first-order chi connectivity index (χ1) is 9.79. The number of carbonyl (C=O) groups excluding carboxylic acids is 1. The Hall–Kier alpha value is -0.150. The Morgan fingerprint density at radius 1 is 1.19 bits per heavy atom. The average molecular weight is 312 g/mol. The van der Waals surface area contributed by atoms with Crippen molar-refractivity contribution in [2.45, 2.75) is 50.5 Å². The summed E-state index contributed by atoms with van der Waals surface area (Å²) in [5, 5.41) is 0.810. The third kappa shape index (κ3) is 4.19.